The molecule has 9 heteroatoms. The number of hydrogen-bond donors (Lipinski definition) is 1. The summed E-state index contributed by atoms with van der Waals surface area (Å²) in [5.74, 6) is 0.410. The third-order valence-electron chi connectivity index (χ3n) is 4.48. The molecule has 5 nitrogen and oxygen atoms in total. The van der Waals surface area contributed by atoms with Gasteiger partial charge in [-0.05, 0) is 77.0 Å². The molecule has 3 aromatic carbocycles. The molecule has 174 valence electrons. The fourth-order valence-corrected chi connectivity index (χ4v) is 4.38. The quantitative estimate of drug-likeness (QED) is 0.203. The van der Waals surface area contributed by atoms with E-state index in [0.717, 1.165) is 10.0 Å². The Morgan fingerprint density at radius 2 is 1.91 bits per heavy atom. The molecule has 0 atom stereocenters. The number of ether oxygens (including phenoxy) is 2. The lowest BCUT2D eigenvalue weighted by molar-refractivity contribution is -0.112. The third-order valence-corrected chi connectivity index (χ3v) is 6.15. The molecule has 0 unspecified atom stereocenters. The van der Waals surface area contributed by atoms with Gasteiger partial charge in [0.15, 0.2) is 11.5 Å². The number of amides is 1. The Balaban J connectivity index is 1.86. The first-order valence-corrected chi connectivity index (χ1v) is 12.4. The number of halogens is 4. The monoisotopic (exact) mass is 622 g/mol. The van der Waals surface area contributed by atoms with Gasteiger partial charge >= 0.3 is 0 Å². The maximum Gasteiger partial charge on any atom is 0.266 e. The second-order valence-electron chi connectivity index (χ2n) is 6.92. The molecule has 0 aliphatic heterocycles. The zero-order chi connectivity index (χ0) is 24.7. The van der Waals surface area contributed by atoms with Gasteiger partial charge in [-0.1, -0.05) is 51.3 Å². The maximum atomic E-state index is 12.6. The van der Waals surface area contributed by atoms with E-state index in [0.29, 0.717) is 43.9 Å². The summed E-state index contributed by atoms with van der Waals surface area (Å²) >= 11 is 19.1. The first-order valence-electron chi connectivity index (χ1n) is 10.0. The summed E-state index contributed by atoms with van der Waals surface area (Å²) in [7, 11) is 0. The molecular weight excluding hydrogens is 607 g/mol. The molecule has 1 amide bonds. The molecule has 3 aromatic rings. The normalized spacial score (nSPS) is 11.0. The fourth-order valence-electron chi connectivity index (χ4n) is 2.94. The van der Waals surface area contributed by atoms with Crippen molar-refractivity contribution in [3.63, 3.8) is 0 Å². The number of nitrogens with one attached hydrogen (secondary N) is 1. The van der Waals surface area contributed by atoms with Gasteiger partial charge in [-0.3, -0.25) is 4.79 Å². The Morgan fingerprint density at radius 1 is 1.12 bits per heavy atom. The Kier molecular flexibility index (Phi) is 9.43. The number of benzene rings is 3. The fraction of sp³-hybridized carbons (Fsp3) is 0.120. The minimum Gasteiger partial charge on any atom is -0.490 e. The van der Waals surface area contributed by atoms with Crippen LogP contribution in [0.4, 0.5) is 5.69 Å². The first kappa shape index (κ1) is 26.1. The van der Waals surface area contributed by atoms with Gasteiger partial charge in [-0.15, -0.1) is 0 Å². The molecule has 0 aliphatic rings. The third kappa shape index (κ3) is 7.00. The summed E-state index contributed by atoms with van der Waals surface area (Å²) in [4.78, 5) is 12.6. The number of anilines is 1. The van der Waals surface area contributed by atoms with Crippen LogP contribution < -0.4 is 14.8 Å². The molecular formula is C25H18Br2Cl2N2O3. The minimum atomic E-state index is -0.521. The lowest BCUT2D eigenvalue weighted by Crippen LogP contribution is -2.13. The second kappa shape index (κ2) is 12.3. The van der Waals surface area contributed by atoms with Gasteiger partial charge in [0.1, 0.15) is 18.2 Å². The number of carbonyl (C=O) groups excluding carboxylic acids is 1. The van der Waals surface area contributed by atoms with Crippen LogP contribution in [0.15, 0.2) is 69.1 Å². The molecule has 0 spiro atoms. The van der Waals surface area contributed by atoms with Crippen molar-refractivity contribution in [1.82, 2.24) is 0 Å². The molecule has 0 heterocycles. The van der Waals surface area contributed by atoms with Gasteiger partial charge < -0.3 is 14.8 Å². The van der Waals surface area contributed by atoms with Crippen LogP contribution in [0.5, 0.6) is 11.5 Å². The maximum absolute atomic E-state index is 12.6. The Bertz CT molecular complexity index is 1290. The summed E-state index contributed by atoms with van der Waals surface area (Å²) in [6.07, 6.45) is 1.49. The van der Waals surface area contributed by atoms with E-state index >= 15 is 0 Å². The van der Waals surface area contributed by atoms with E-state index < -0.39 is 5.91 Å². The van der Waals surface area contributed by atoms with Crippen molar-refractivity contribution in [2.24, 2.45) is 0 Å². The molecule has 34 heavy (non-hydrogen) atoms. The molecule has 0 bridgehead atoms. The highest BCUT2D eigenvalue weighted by atomic mass is 79.9. The van der Waals surface area contributed by atoms with Crippen LogP contribution in [-0.4, -0.2) is 12.5 Å². The van der Waals surface area contributed by atoms with Crippen molar-refractivity contribution in [1.29, 1.82) is 5.26 Å². The molecule has 0 saturated carbocycles. The number of carbonyl (C=O) groups is 1. The molecule has 3 rings (SSSR count). The zero-order valence-electron chi connectivity index (χ0n) is 17.9. The molecule has 1 N–H and O–H groups in total. The highest BCUT2D eigenvalue weighted by Crippen LogP contribution is 2.38. The number of hydrogen-bond acceptors (Lipinski definition) is 4. The van der Waals surface area contributed by atoms with Crippen molar-refractivity contribution in [2.45, 2.75) is 13.5 Å². The van der Waals surface area contributed by atoms with Gasteiger partial charge in [0.05, 0.1) is 11.1 Å². The molecule has 0 fully saturated rings. The molecule has 0 aliphatic carbocycles. The summed E-state index contributed by atoms with van der Waals surface area (Å²) in [5, 5.41) is 13.3. The largest absolute Gasteiger partial charge is 0.490 e. The summed E-state index contributed by atoms with van der Waals surface area (Å²) < 4.78 is 13.1. The van der Waals surface area contributed by atoms with Crippen LogP contribution in [0.2, 0.25) is 10.0 Å². The lowest BCUT2D eigenvalue weighted by atomic mass is 10.1. The lowest BCUT2D eigenvalue weighted by Gasteiger charge is -2.15. The Morgan fingerprint density at radius 3 is 2.59 bits per heavy atom. The average molecular weight is 625 g/mol. The summed E-state index contributed by atoms with van der Waals surface area (Å²) in [6.45, 7) is 2.44. The van der Waals surface area contributed by atoms with E-state index in [4.69, 9.17) is 32.7 Å². The molecule has 0 aromatic heterocycles. The van der Waals surface area contributed by atoms with E-state index in [9.17, 15) is 10.1 Å². The van der Waals surface area contributed by atoms with Crippen LogP contribution in [-0.2, 0) is 11.4 Å². The number of nitriles is 1. The van der Waals surface area contributed by atoms with Crippen LogP contribution in [0.1, 0.15) is 18.1 Å². The van der Waals surface area contributed by atoms with E-state index in [2.05, 4.69) is 37.2 Å². The van der Waals surface area contributed by atoms with Crippen molar-refractivity contribution in [3.8, 4) is 17.6 Å². The van der Waals surface area contributed by atoms with Crippen LogP contribution in [0.25, 0.3) is 6.08 Å². The van der Waals surface area contributed by atoms with Crippen LogP contribution in [0.3, 0.4) is 0 Å². The summed E-state index contributed by atoms with van der Waals surface area (Å²) in [6, 6.07) is 17.7. The number of rotatable bonds is 8. The van der Waals surface area contributed by atoms with E-state index in [1.54, 1.807) is 48.5 Å². The van der Waals surface area contributed by atoms with Crippen molar-refractivity contribution < 1.29 is 14.3 Å². The second-order valence-corrected chi connectivity index (χ2v) is 9.54. The van der Waals surface area contributed by atoms with E-state index in [1.807, 2.05) is 19.1 Å². The smallest absolute Gasteiger partial charge is 0.266 e. The van der Waals surface area contributed by atoms with Gasteiger partial charge in [0, 0.05) is 25.8 Å². The van der Waals surface area contributed by atoms with Crippen LogP contribution >= 0.6 is 55.1 Å². The van der Waals surface area contributed by atoms with Gasteiger partial charge in [0.25, 0.3) is 5.91 Å². The zero-order valence-corrected chi connectivity index (χ0v) is 22.6. The highest BCUT2D eigenvalue weighted by Gasteiger charge is 2.15. The Hall–Kier alpha value is -2.50. The van der Waals surface area contributed by atoms with E-state index in [1.165, 1.54) is 6.08 Å². The SMILES string of the molecule is CCOc1cc(/C=C(/C#N)C(=O)Nc2cccc(Br)c2)cc(Br)c1OCc1ccc(Cl)cc1Cl. The van der Waals surface area contributed by atoms with Gasteiger partial charge in [-0.2, -0.15) is 5.26 Å². The van der Waals surface area contributed by atoms with Gasteiger partial charge in [-0.25, -0.2) is 0 Å². The van der Waals surface area contributed by atoms with Crippen molar-refractivity contribution in [3.05, 3.63) is 90.3 Å². The predicted octanol–water partition coefficient (Wildman–Crippen LogP) is 8.04. The molecule has 0 saturated heterocycles. The Labute approximate surface area is 224 Å². The standard InChI is InChI=1S/C25H18Br2Cl2N2O3/c1-2-33-23-10-15(8-17(13-30)25(32)31-20-5-3-4-18(26)11-20)9-21(27)24(23)34-14-16-6-7-19(28)12-22(16)29/h3-12H,2,14H2,1H3,(H,31,32)/b17-8-. The first-order chi connectivity index (χ1) is 16.3. The van der Waals surface area contributed by atoms with Crippen LogP contribution in [0, 0.1) is 11.3 Å². The van der Waals surface area contributed by atoms with E-state index in [-0.39, 0.29) is 12.2 Å². The van der Waals surface area contributed by atoms with Crippen molar-refractivity contribution >= 4 is 72.7 Å². The highest BCUT2D eigenvalue weighted by molar-refractivity contribution is 9.10. The molecule has 0 radical (unpaired) electrons. The summed E-state index contributed by atoms with van der Waals surface area (Å²) in [5.41, 5.74) is 1.87. The predicted molar refractivity (Wildman–Crippen MR) is 142 cm³/mol. The average Bonchev–Trinajstić information content (AvgIpc) is 2.78. The van der Waals surface area contributed by atoms with Gasteiger partial charge in [0.2, 0.25) is 0 Å². The van der Waals surface area contributed by atoms with Crippen molar-refractivity contribution in [2.75, 3.05) is 11.9 Å². The topological polar surface area (TPSA) is 71.3 Å². The minimum absolute atomic E-state index is 0.0593. The number of nitrogens with zero attached hydrogens (tertiary/aromatic N) is 1.